The van der Waals surface area contributed by atoms with E-state index in [1.807, 2.05) is 19.2 Å². The van der Waals surface area contributed by atoms with Gasteiger partial charge in [-0.3, -0.25) is 4.90 Å². The summed E-state index contributed by atoms with van der Waals surface area (Å²) in [6, 6.07) is 18.3. The number of carboxylic acid groups (broad SMARTS) is 1. The summed E-state index contributed by atoms with van der Waals surface area (Å²) in [5.41, 5.74) is 3.35. The summed E-state index contributed by atoms with van der Waals surface area (Å²) < 4.78 is 5.66. The summed E-state index contributed by atoms with van der Waals surface area (Å²) in [5.74, 6) is 0.737. The van der Waals surface area contributed by atoms with E-state index in [9.17, 15) is 4.79 Å². The average molecular weight is 408 g/mol. The highest BCUT2D eigenvalue weighted by Crippen LogP contribution is 2.52. The minimum absolute atomic E-state index is 0.308. The van der Waals surface area contributed by atoms with Crippen LogP contribution in [0, 0.1) is 11.3 Å². The molecule has 2 fully saturated rings. The summed E-state index contributed by atoms with van der Waals surface area (Å²) in [6.45, 7) is 3.91. The number of carboxylic acids is 1. The van der Waals surface area contributed by atoms with Gasteiger partial charge in [-0.05, 0) is 85.7 Å². The second-order valence-corrected chi connectivity index (χ2v) is 9.26. The highest BCUT2D eigenvalue weighted by molar-refractivity contribution is 5.87. The Hall–Kier alpha value is -2.17. The molecule has 4 nitrogen and oxygen atoms in total. The van der Waals surface area contributed by atoms with Gasteiger partial charge in [0.1, 0.15) is 0 Å². The largest absolute Gasteiger partial charge is 0.478 e. The van der Waals surface area contributed by atoms with Crippen LogP contribution in [0.25, 0.3) is 0 Å². The Kier molecular flexibility index (Phi) is 6.55. The Bertz CT molecular complexity index is 825. The number of carbonyl (C=O) groups is 1. The molecule has 1 N–H and O–H groups in total. The third-order valence-corrected chi connectivity index (χ3v) is 7.17. The summed E-state index contributed by atoms with van der Waals surface area (Å²) in [7, 11) is 1.84. The zero-order valence-electron chi connectivity index (χ0n) is 17.9. The lowest BCUT2D eigenvalue weighted by atomic mass is 9.74. The van der Waals surface area contributed by atoms with Crippen LogP contribution < -0.4 is 0 Å². The second kappa shape index (κ2) is 9.32. The Morgan fingerprint density at radius 1 is 1.10 bits per heavy atom. The van der Waals surface area contributed by atoms with E-state index in [4.69, 9.17) is 9.84 Å². The summed E-state index contributed by atoms with van der Waals surface area (Å²) in [6.07, 6.45) is 6.26. The molecule has 1 saturated heterocycles. The number of aromatic carboxylic acids is 1. The van der Waals surface area contributed by atoms with Crippen LogP contribution in [0.2, 0.25) is 0 Å². The first-order valence-electron chi connectivity index (χ1n) is 11.2. The van der Waals surface area contributed by atoms with Crippen LogP contribution in [0.5, 0.6) is 0 Å². The van der Waals surface area contributed by atoms with Crippen molar-refractivity contribution >= 4 is 5.97 Å². The molecule has 160 valence electrons. The maximum atomic E-state index is 11.0. The van der Waals surface area contributed by atoms with E-state index < -0.39 is 5.97 Å². The molecule has 0 bridgehead atoms. The first-order chi connectivity index (χ1) is 14.6. The smallest absolute Gasteiger partial charge is 0.335 e. The van der Waals surface area contributed by atoms with Gasteiger partial charge in [0.05, 0.1) is 12.2 Å². The van der Waals surface area contributed by atoms with E-state index in [-0.39, 0.29) is 0 Å². The van der Waals surface area contributed by atoms with E-state index in [0.717, 1.165) is 38.1 Å². The number of hydrogen-bond donors (Lipinski definition) is 1. The van der Waals surface area contributed by atoms with Gasteiger partial charge >= 0.3 is 5.97 Å². The lowest BCUT2D eigenvalue weighted by Crippen LogP contribution is -2.42. The molecule has 1 aliphatic heterocycles. The fraction of sp³-hybridized carbons (Fsp3) is 0.500. The van der Waals surface area contributed by atoms with Crippen LogP contribution in [0.15, 0.2) is 54.6 Å². The molecule has 0 amide bonds. The maximum absolute atomic E-state index is 11.0. The Balaban J connectivity index is 1.27. The number of likely N-dealkylation sites (tertiary alicyclic amines) is 1. The fourth-order valence-corrected chi connectivity index (χ4v) is 5.14. The van der Waals surface area contributed by atoms with Crippen molar-refractivity contribution in [2.45, 2.75) is 44.6 Å². The van der Waals surface area contributed by atoms with Crippen LogP contribution in [0.4, 0.5) is 0 Å². The van der Waals surface area contributed by atoms with Gasteiger partial charge in [-0.25, -0.2) is 4.79 Å². The third kappa shape index (κ3) is 5.11. The molecule has 0 aromatic heterocycles. The maximum Gasteiger partial charge on any atom is 0.335 e. The Morgan fingerprint density at radius 3 is 2.43 bits per heavy atom. The number of piperidine rings is 1. The molecule has 0 spiro atoms. The Labute approximate surface area is 179 Å². The van der Waals surface area contributed by atoms with E-state index >= 15 is 0 Å². The highest BCUT2D eigenvalue weighted by Gasteiger charge is 2.41. The topological polar surface area (TPSA) is 49.8 Å². The van der Waals surface area contributed by atoms with Gasteiger partial charge in [0, 0.05) is 13.7 Å². The van der Waals surface area contributed by atoms with Gasteiger partial charge in [0.2, 0.25) is 0 Å². The zero-order valence-corrected chi connectivity index (χ0v) is 17.9. The van der Waals surface area contributed by atoms with Crippen molar-refractivity contribution in [3.05, 3.63) is 71.3 Å². The molecule has 0 radical (unpaired) electrons. The van der Waals surface area contributed by atoms with Gasteiger partial charge in [-0.15, -0.1) is 0 Å². The molecule has 2 aliphatic rings. The molecule has 2 atom stereocenters. The quantitative estimate of drug-likeness (QED) is 0.621. The van der Waals surface area contributed by atoms with E-state index in [1.54, 1.807) is 12.1 Å². The predicted molar refractivity (Wildman–Crippen MR) is 119 cm³/mol. The standard InChI is InChI=1S/C26H33NO3/c1-30-19-26(12-11-23-17-24(23)21-5-3-2-4-6-21)13-15-27(16-14-26)18-20-7-9-22(10-8-20)25(28)29/h2-10,23-24H,11-19H2,1H3,(H,28,29)/t23-,24?/m1/s1. The monoisotopic (exact) mass is 407 g/mol. The first kappa shape index (κ1) is 21.1. The van der Waals surface area contributed by atoms with E-state index in [0.29, 0.717) is 11.0 Å². The number of benzene rings is 2. The normalized spacial score (nSPS) is 23.2. The van der Waals surface area contributed by atoms with Crippen molar-refractivity contribution in [2.75, 3.05) is 26.8 Å². The number of methoxy groups -OCH3 is 1. The molecule has 1 unspecified atom stereocenters. The Morgan fingerprint density at radius 2 is 1.80 bits per heavy atom. The van der Waals surface area contributed by atoms with E-state index in [2.05, 4.69) is 35.2 Å². The molecular formula is C26H33NO3. The number of rotatable bonds is 9. The van der Waals surface area contributed by atoms with Crippen LogP contribution in [0.3, 0.4) is 0 Å². The molecule has 2 aromatic carbocycles. The van der Waals surface area contributed by atoms with Gasteiger partial charge < -0.3 is 9.84 Å². The predicted octanol–water partition coefficient (Wildman–Crippen LogP) is 5.20. The molecule has 1 saturated carbocycles. The van der Waals surface area contributed by atoms with Crippen molar-refractivity contribution in [1.29, 1.82) is 0 Å². The molecular weight excluding hydrogens is 374 g/mol. The van der Waals surface area contributed by atoms with Crippen LogP contribution in [0.1, 0.15) is 59.5 Å². The van der Waals surface area contributed by atoms with Gasteiger partial charge in [-0.1, -0.05) is 42.5 Å². The zero-order chi connectivity index (χ0) is 21.0. The number of ether oxygens (including phenoxy) is 1. The summed E-state index contributed by atoms with van der Waals surface area (Å²) in [5, 5.41) is 9.06. The van der Waals surface area contributed by atoms with Crippen LogP contribution in [-0.2, 0) is 11.3 Å². The fourth-order valence-electron chi connectivity index (χ4n) is 5.14. The minimum atomic E-state index is -0.867. The average Bonchev–Trinajstić information content (AvgIpc) is 3.55. The SMILES string of the molecule is COCC1(CC[C@@H]2CC2c2ccccc2)CCN(Cc2ccc(C(=O)O)cc2)CC1. The minimum Gasteiger partial charge on any atom is -0.478 e. The van der Waals surface area contributed by atoms with Gasteiger partial charge in [0.25, 0.3) is 0 Å². The van der Waals surface area contributed by atoms with Crippen molar-refractivity contribution < 1.29 is 14.6 Å². The van der Waals surface area contributed by atoms with Crippen LogP contribution >= 0.6 is 0 Å². The number of hydrogen-bond acceptors (Lipinski definition) is 3. The molecule has 1 aliphatic carbocycles. The van der Waals surface area contributed by atoms with Gasteiger partial charge in [0.15, 0.2) is 0 Å². The second-order valence-electron chi connectivity index (χ2n) is 9.26. The van der Waals surface area contributed by atoms with Crippen molar-refractivity contribution in [1.82, 2.24) is 4.90 Å². The van der Waals surface area contributed by atoms with Gasteiger partial charge in [-0.2, -0.15) is 0 Å². The molecule has 1 heterocycles. The van der Waals surface area contributed by atoms with Crippen molar-refractivity contribution in [2.24, 2.45) is 11.3 Å². The molecule has 2 aromatic rings. The number of nitrogens with zero attached hydrogens (tertiary/aromatic N) is 1. The van der Waals surface area contributed by atoms with Crippen molar-refractivity contribution in [3.63, 3.8) is 0 Å². The molecule has 30 heavy (non-hydrogen) atoms. The highest BCUT2D eigenvalue weighted by atomic mass is 16.5. The lowest BCUT2D eigenvalue weighted by molar-refractivity contribution is 0.0110. The molecule has 4 rings (SSSR count). The van der Waals surface area contributed by atoms with E-state index in [1.165, 1.54) is 43.2 Å². The third-order valence-electron chi connectivity index (χ3n) is 7.17. The van der Waals surface area contributed by atoms with Crippen LogP contribution in [-0.4, -0.2) is 42.8 Å². The lowest BCUT2D eigenvalue weighted by Gasteiger charge is -2.42. The first-order valence-corrected chi connectivity index (χ1v) is 11.2. The summed E-state index contributed by atoms with van der Waals surface area (Å²) in [4.78, 5) is 13.5. The summed E-state index contributed by atoms with van der Waals surface area (Å²) >= 11 is 0. The van der Waals surface area contributed by atoms with Crippen molar-refractivity contribution in [3.8, 4) is 0 Å². The molecule has 4 heteroatoms.